The van der Waals surface area contributed by atoms with Gasteiger partial charge in [0.2, 0.25) is 0 Å². The van der Waals surface area contributed by atoms with Gasteiger partial charge in [-0.25, -0.2) is 0 Å². The van der Waals surface area contributed by atoms with Crippen LogP contribution in [0.2, 0.25) is 0 Å². The molecule has 128 valence electrons. The molecule has 1 aromatic rings. The average Bonchev–Trinajstić information content (AvgIpc) is 2.78. The molecule has 0 aromatic heterocycles. The summed E-state index contributed by atoms with van der Waals surface area (Å²) in [5.74, 6) is -4.32. The van der Waals surface area contributed by atoms with E-state index >= 15 is 0 Å². The number of alkyl halides is 2. The molecule has 0 unspecified atom stereocenters. The zero-order valence-corrected chi connectivity index (χ0v) is 13.5. The molecular formula is C18H25F2NO2. The van der Waals surface area contributed by atoms with Crippen molar-refractivity contribution in [3.05, 3.63) is 35.9 Å². The fraction of sp³-hybridized carbons (Fsp3) is 0.611. The van der Waals surface area contributed by atoms with Crippen LogP contribution in [-0.4, -0.2) is 29.1 Å². The number of halogens is 2. The predicted octanol–water partition coefficient (Wildman–Crippen LogP) is 3.31. The van der Waals surface area contributed by atoms with Crippen molar-refractivity contribution >= 4 is 5.91 Å². The lowest BCUT2D eigenvalue weighted by atomic mass is 9.92. The van der Waals surface area contributed by atoms with Crippen molar-refractivity contribution in [1.82, 2.24) is 5.32 Å². The molecule has 1 amide bonds. The highest BCUT2D eigenvalue weighted by Crippen LogP contribution is 2.29. The van der Waals surface area contributed by atoms with Gasteiger partial charge in [-0.05, 0) is 43.6 Å². The number of carbonyl (C=O) groups is 1. The summed E-state index contributed by atoms with van der Waals surface area (Å²) in [4.78, 5) is 11.0. The molecule has 0 spiro atoms. The number of benzene rings is 1. The molecule has 2 N–H and O–H groups in total. The van der Waals surface area contributed by atoms with Crippen LogP contribution in [0.3, 0.4) is 0 Å². The van der Waals surface area contributed by atoms with E-state index in [1.165, 1.54) is 5.56 Å². The minimum absolute atomic E-state index is 0.122. The molecule has 5 heteroatoms. The molecule has 3 atom stereocenters. The summed E-state index contributed by atoms with van der Waals surface area (Å²) in [6.45, 7) is 1.98. The van der Waals surface area contributed by atoms with Gasteiger partial charge in [0.15, 0.2) is 0 Å². The van der Waals surface area contributed by atoms with E-state index in [9.17, 15) is 18.7 Å². The highest BCUT2D eigenvalue weighted by Gasteiger charge is 2.47. The van der Waals surface area contributed by atoms with Crippen LogP contribution in [0.25, 0.3) is 0 Å². The molecule has 0 bridgehead atoms. The first-order valence-electron chi connectivity index (χ1n) is 8.29. The number of hydrogen-bond acceptors (Lipinski definition) is 2. The number of aliphatic hydroxyl groups excluding tert-OH is 1. The molecule has 0 radical (unpaired) electrons. The molecule has 1 aromatic carbocycles. The number of nitrogens with one attached hydrogen (secondary N) is 1. The molecule has 1 aliphatic heterocycles. The molecule has 23 heavy (non-hydrogen) atoms. The van der Waals surface area contributed by atoms with Gasteiger partial charge in [-0.1, -0.05) is 37.3 Å². The minimum atomic E-state index is -3.25. The first kappa shape index (κ1) is 17.9. The van der Waals surface area contributed by atoms with E-state index in [1.54, 1.807) is 0 Å². The molecule has 0 saturated carbocycles. The second kappa shape index (κ2) is 7.86. The van der Waals surface area contributed by atoms with E-state index in [2.05, 4.69) is 17.4 Å². The molecular weight excluding hydrogens is 300 g/mol. The number of amides is 1. The summed E-state index contributed by atoms with van der Waals surface area (Å²) in [5.41, 5.74) is 1.28. The SMILES string of the molecule is C[C@H](CCCc1ccccc1)[C@H](O)CC[C@H]1CC(F)(F)C(=O)N1. The Morgan fingerprint density at radius 3 is 2.61 bits per heavy atom. The Hall–Kier alpha value is -1.49. The third kappa shape index (κ3) is 5.27. The highest BCUT2D eigenvalue weighted by atomic mass is 19.3. The zero-order valence-electron chi connectivity index (χ0n) is 13.5. The maximum atomic E-state index is 13.1. The normalized spacial score (nSPS) is 22.6. The number of carbonyl (C=O) groups excluding carboxylic acids is 1. The summed E-state index contributed by atoms with van der Waals surface area (Å²) >= 11 is 0. The van der Waals surface area contributed by atoms with Gasteiger partial charge in [0.25, 0.3) is 5.91 Å². The van der Waals surface area contributed by atoms with Gasteiger partial charge >= 0.3 is 5.92 Å². The van der Waals surface area contributed by atoms with Crippen LogP contribution >= 0.6 is 0 Å². The Balaban J connectivity index is 1.65. The van der Waals surface area contributed by atoms with Crippen molar-refractivity contribution in [3.8, 4) is 0 Å². The maximum Gasteiger partial charge on any atom is 0.326 e. The van der Waals surface area contributed by atoms with Crippen LogP contribution in [-0.2, 0) is 11.2 Å². The van der Waals surface area contributed by atoms with Gasteiger partial charge < -0.3 is 10.4 Å². The van der Waals surface area contributed by atoms with Crippen molar-refractivity contribution in [2.24, 2.45) is 5.92 Å². The van der Waals surface area contributed by atoms with E-state index in [-0.39, 0.29) is 5.92 Å². The lowest BCUT2D eigenvalue weighted by Gasteiger charge is -2.20. The van der Waals surface area contributed by atoms with Crippen LogP contribution < -0.4 is 5.32 Å². The monoisotopic (exact) mass is 325 g/mol. The summed E-state index contributed by atoms with van der Waals surface area (Å²) < 4.78 is 26.2. The Kier molecular flexibility index (Phi) is 6.10. The summed E-state index contributed by atoms with van der Waals surface area (Å²) in [5, 5.41) is 12.5. The van der Waals surface area contributed by atoms with Crippen LogP contribution in [0.15, 0.2) is 30.3 Å². The van der Waals surface area contributed by atoms with Crippen molar-refractivity contribution in [1.29, 1.82) is 0 Å². The molecule has 2 rings (SSSR count). The zero-order chi connectivity index (χ0) is 16.9. The van der Waals surface area contributed by atoms with E-state index in [0.29, 0.717) is 12.8 Å². The Bertz CT molecular complexity index is 507. The number of hydrogen-bond donors (Lipinski definition) is 2. The standard InChI is InChI=1S/C18H25F2NO2/c1-13(6-5-9-14-7-3-2-4-8-14)16(22)11-10-15-12-18(19,20)17(23)21-15/h2-4,7-8,13,15-16,22H,5-6,9-12H2,1H3,(H,21,23)/t13-,15+,16-/m1/s1. The Labute approximate surface area is 136 Å². The van der Waals surface area contributed by atoms with Crippen molar-refractivity contribution in [3.63, 3.8) is 0 Å². The molecule has 3 nitrogen and oxygen atoms in total. The Morgan fingerprint density at radius 2 is 2.00 bits per heavy atom. The van der Waals surface area contributed by atoms with Crippen LogP contribution in [0, 0.1) is 5.92 Å². The molecule has 0 aliphatic carbocycles. The number of rotatable bonds is 8. The van der Waals surface area contributed by atoms with E-state index in [0.717, 1.165) is 19.3 Å². The van der Waals surface area contributed by atoms with E-state index in [1.807, 2.05) is 25.1 Å². The van der Waals surface area contributed by atoms with Gasteiger partial charge in [0, 0.05) is 12.5 Å². The minimum Gasteiger partial charge on any atom is -0.393 e. The van der Waals surface area contributed by atoms with Crippen LogP contribution in [0.4, 0.5) is 8.78 Å². The Morgan fingerprint density at radius 1 is 1.30 bits per heavy atom. The maximum absolute atomic E-state index is 13.1. The summed E-state index contributed by atoms with van der Waals surface area (Å²) in [7, 11) is 0. The van der Waals surface area contributed by atoms with E-state index < -0.39 is 30.4 Å². The largest absolute Gasteiger partial charge is 0.393 e. The second-order valence-corrected chi connectivity index (χ2v) is 6.58. The summed E-state index contributed by atoms with van der Waals surface area (Å²) in [6, 6.07) is 9.66. The first-order chi connectivity index (χ1) is 10.9. The molecule has 1 aliphatic rings. The van der Waals surface area contributed by atoms with Gasteiger partial charge in [0.05, 0.1) is 6.10 Å². The predicted molar refractivity (Wildman–Crippen MR) is 85.3 cm³/mol. The fourth-order valence-corrected chi connectivity index (χ4v) is 3.04. The number of aryl methyl sites for hydroxylation is 1. The number of aliphatic hydroxyl groups is 1. The summed E-state index contributed by atoms with van der Waals surface area (Å²) in [6.07, 6.45) is 2.71. The van der Waals surface area contributed by atoms with Crippen molar-refractivity contribution < 1.29 is 18.7 Å². The molecule has 1 fully saturated rings. The first-order valence-corrected chi connectivity index (χ1v) is 8.29. The molecule has 1 heterocycles. The van der Waals surface area contributed by atoms with Crippen molar-refractivity contribution in [2.45, 2.75) is 63.5 Å². The van der Waals surface area contributed by atoms with Gasteiger partial charge in [0.1, 0.15) is 0 Å². The van der Waals surface area contributed by atoms with Crippen LogP contribution in [0.1, 0.15) is 44.6 Å². The van der Waals surface area contributed by atoms with Gasteiger partial charge in [-0.15, -0.1) is 0 Å². The lowest BCUT2D eigenvalue weighted by Crippen LogP contribution is -2.31. The van der Waals surface area contributed by atoms with Crippen molar-refractivity contribution in [2.75, 3.05) is 0 Å². The van der Waals surface area contributed by atoms with Gasteiger partial charge in [-0.2, -0.15) is 8.78 Å². The quantitative estimate of drug-likeness (QED) is 0.770. The average molecular weight is 325 g/mol. The second-order valence-electron chi connectivity index (χ2n) is 6.58. The molecule has 1 saturated heterocycles. The lowest BCUT2D eigenvalue weighted by molar-refractivity contribution is -0.139. The van der Waals surface area contributed by atoms with E-state index in [4.69, 9.17) is 0 Å². The third-order valence-electron chi connectivity index (χ3n) is 4.61. The topological polar surface area (TPSA) is 49.3 Å². The van der Waals surface area contributed by atoms with Gasteiger partial charge in [-0.3, -0.25) is 4.79 Å². The smallest absolute Gasteiger partial charge is 0.326 e. The highest BCUT2D eigenvalue weighted by molar-refractivity contribution is 5.85. The fourth-order valence-electron chi connectivity index (χ4n) is 3.04. The third-order valence-corrected chi connectivity index (χ3v) is 4.61. The van der Waals surface area contributed by atoms with Crippen LogP contribution in [0.5, 0.6) is 0 Å².